The molecule has 1 aromatic rings. The van der Waals surface area contributed by atoms with Crippen LogP contribution in [-0.2, 0) is 9.47 Å². The lowest BCUT2D eigenvalue weighted by Crippen LogP contribution is -2.38. The third-order valence-electron chi connectivity index (χ3n) is 7.04. The standard InChI is InChI=1S/C22H23ClF3NO4.C2H4N2/c1-12(19-7-17(28)16-6-14(23)2-3-18(16)30-19)27-21-9-20(21,10-21)11-29-8-13-4-15(5-13)31-22(24,25)26;1-3-4-2/h2-3,6,13,15,19,27H,1,4-5,7-11H2;1-2H2. The number of hydrogen-bond acceptors (Lipinski definition) is 7. The quantitative estimate of drug-likeness (QED) is 0.373. The highest BCUT2D eigenvalue weighted by Crippen LogP contribution is 2.78. The first-order valence-corrected chi connectivity index (χ1v) is 11.6. The topological polar surface area (TPSA) is 81.5 Å². The highest BCUT2D eigenvalue weighted by molar-refractivity contribution is 6.31. The van der Waals surface area contributed by atoms with Gasteiger partial charge in [0, 0.05) is 41.7 Å². The van der Waals surface area contributed by atoms with Gasteiger partial charge in [-0.2, -0.15) is 10.2 Å². The van der Waals surface area contributed by atoms with Gasteiger partial charge >= 0.3 is 6.36 Å². The second-order valence-electron chi connectivity index (χ2n) is 9.56. The number of benzene rings is 1. The van der Waals surface area contributed by atoms with Crippen LogP contribution in [0.15, 0.2) is 40.7 Å². The highest BCUT2D eigenvalue weighted by atomic mass is 35.5. The Morgan fingerprint density at radius 3 is 2.57 bits per heavy atom. The van der Waals surface area contributed by atoms with Gasteiger partial charge in [0.2, 0.25) is 0 Å². The Hall–Kier alpha value is -2.43. The highest BCUT2D eigenvalue weighted by Gasteiger charge is 2.83. The molecule has 1 aliphatic heterocycles. The molecule has 0 spiro atoms. The number of rotatable bonds is 9. The summed E-state index contributed by atoms with van der Waals surface area (Å²) >= 11 is 5.96. The van der Waals surface area contributed by atoms with Crippen molar-refractivity contribution >= 4 is 30.8 Å². The molecule has 1 aromatic carbocycles. The van der Waals surface area contributed by atoms with Gasteiger partial charge in [0.25, 0.3) is 0 Å². The molecule has 0 saturated heterocycles. The van der Waals surface area contributed by atoms with Crippen LogP contribution in [0.4, 0.5) is 13.2 Å². The molecular weight excluding hydrogens is 487 g/mol. The lowest BCUT2D eigenvalue weighted by molar-refractivity contribution is -0.355. The van der Waals surface area contributed by atoms with Gasteiger partial charge in [0.05, 0.1) is 24.7 Å². The Bertz CT molecular complexity index is 1010. The molecule has 1 heterocycles. The van der Waals surface area contributed by atoms with E-state index < -0.39 is 18.6 Å². The van der Waals surface area contributed by atoms with E-state index in [0.717, 1.165) is 12.8 Å². The van der Waals surface area contributed by atoms with E-state index in [1.54, 1.807) is 18.2 Å². The van der Waals surface area contributed by atoms with E-state index in [1.807, 2.05) is 0 Å². The van der Waals surface area contributed by atoms with E-state index in [4.69, 9.17) is 21.1 Å². The number of carbonyl (C=O) groups excluding carboxylic acids is 1. The van der Waals surface area contributed by atoms with Crippen LogP contribution in [0.5, 0.6) is 5.75 Å². The van der Waals surface area contributed by atoms with E-state index in [-0.39, 0.29) is 29.1 Å². The number of ether oxygens (including phenoxy) is 3. The van der Waals surface area contributed by atoms with E-state index in [0.29, 0.717) is 48.1 Å². The van der Waals surface area contributed by atoms with Gasteiger partial charge in [0.15, 0.2) is 5.78 Å². The molecule has 0 aromatic heterocycles. The fourth-order valence-electron chi connectivity index (χ4n) is 4.87. The second-order valence-corrected chi connectivity index (χ2v) is 10.00. The third kappa shape index (κ3) is 5.70. The molecule has 7 nitrogen and oxygen atoms in total. The van der Waals surface area contributed by atoms with Gasteiger partial charge in [-0.1, -0.05) is 18.2 Å². The lowest BCUT2D eigenvalue weighted by atomic mass is 9.83. The molecule has 1 N–H and O–H groups in total. The summed E-state index contributed by atoms with van der Waals surface area (Å²) < 4.78 is 52.3. The summed E-state index contributed by atoms with van der Waals surface area (Å²) in [5.41, 5.74) is 1.18. The molecular formula is C24H27ClF3N3O4. The summed E-state index contributed by atoms with van der Waals surface area (Å²) in [4.78, 5) is 12.4. The summed E-state index contributed by atoms with van der Waals surface area (Å²) in [6.07, 6.45) is -2.85. The zero-order valence-corrected chi connectivity index (χ0v) is 19.8. The van der Waals surface area contributed by atoms with Gasteiger partial charge in [0.1, 0.15) is 11.9 Å². The predicted octanol–water partition coefficient (Wildman–Crippen LogP) is 4.94. The van der Waals surface area contributed by atoms with Crippen molar-refractivity contribution in [3.05, 3.63) is 41.1 Å². The van der Waals surface area contributed by atoms with Crippen LogP contribution in [0.2, 0.25) is 5.02 Å². The van der Waals surface area contributed by atoms with Crippen LogP contribution in [0.3, 0.4) is 0 Å². The SMILES string of the molecule is C=C(NC12CC1(COCC1CC(OC(F)(F)F)C1)C2)C1CC(=O)c2cc(Cl)ccc2O1.C=NN=C. The zero-order valence-electron chi connectivity index (χ0n) is 19.1. The summed E-state index contributed by atoms with van der Waals surface area (Å²) in [6.45, 7) is 11.1. The Morgan fingerprint density at radius 1 is 1.26 bits per heavy atom. The molecule has 5 rings (SSSR count). The summed E-state index contributed by atoms with van der Waals surface area (Å²) in [5, 5.41) is 9.95. The van der Waals surface area contributed by atoms with E-state index in [9.17, 15) is 18.0 Å². The first-order valence-electron chi connectivity index (χ1n) is 11.2. The third-order valence-corrected chi connectivity index (χ3v) is 7.28. The normalized spacial score (nSPS) is 31.9. The first-order chi connectivity index (χ1) is 16.5. The van der Waals surface area contributed by atoms with Crippen LogP contribution in [0, 0.1) is 11.3 Å². The van der Waals surface area contributed by atoms with Gasteiger partial charge < -0.3 is 14.8 Å². The van der Waals surface area contributed by atoms with Crippen LogP contribution in [-0.4, -0.2) is 56.5 Å². The van der Waals surface area contributed by atoms with Crippen molar-refractivity contribution in [1.29, 1.82) is 0 Å². The van der Waals surface area contributed by atoms with Crippen molar-refractivity contribution in [1.82, 2.24) is 5.32 Å². The molecule has 4 aliphatic rings. The Balaban J connectivity index is 0.000000672. The van der Waals surface area contributed by atoms with Crippen LogP contribution in [0.25, 0.3) is 0 Å². The smallest absolute Gasteiger partial charge is 0.483 e. The first kappa shape index (κ1) is 25.7. The van der Waals surface area contributed by atoms with Crippen molar-refractivity contribution in [2.24, 2.45) is 21.5 Å². The van der Waals surface area contributed by atoms with Gasteiger partial charge in [-0.3, -0.25) is 9.53 Å². The number of nitrogens with zero attached hydrogens (tertiary/aromatic N) is 2. The number of Topliss-reactive ketones (excluding diaryl/α,β-unsaturated/α-hetero) is 1. The average Bonchev–Trinajstić information content (AvgIpc) is 3.57. The number of nitrogens with one attached hydrogen (secondary N) is 1. The van der Waals surface area contributed by atoms with Gasteiger partial charge in [-0.05, 0) is 49.8 Å². The molecule has 3 fully saturated rings. The van der Waals surface area contributed by atoms with Gasteiger partial charge in [-0.15, -0.1) is 13.2 Å². The maximum Gasteiger partial charge on any atom is 0.522 e. The Kier molecular flexibility index (Phi) is 7.00. The number of halogens is 4. The number of hydrogen-bond donors (Lipinski definition) is 1. The van der Waals surface area contributed by atoms with Crippen LogP contribution < -0.4 is 10.1 Å². The Morgan fingerprint density at radius 2 is 1.94 bits per heavy atom. The zero-order chi connectivity index (χ0) is 25.4. The molecule has 0 radical (unpaired) electrons. The maximum absolute atomic E-state index is 12.4. The average molecular weight is 514 g/mol. The summed E-state index contributed by atoms with van der Waals surface area (Å²) in [5.74, 6) is 0.609. The van der Waals surface area contributed by atoms with Crippen molar-refractivity contribution in [3.63, 3.8) is 0 Å². The van der Waals surface area contributed by atoms with E-state index in [1.165, 1.54) is 0 Å². The summed E-state index contributed by atoms with van der Waals surface area (Å²) in [7, 11) is 0. The molecule has 11 heteroatoms. The molecule has 35 heavy (non-hydrogen) atoms. The Labute approximate surface area is 206 Å². The minimum Gasteiger partial charge on any atom is -0.483 e. The number of alkyl halides is 3. The maximum atomic E-state index is 12.4. The van der Waals surface area contributed by atoms with Crippen molar-refractivity contribution in [2.75, 3.05) is 13.2 Å². The minimum atomic E-state index is -4.56. The predicted molar refractivity (Wildman–Crippen MR) is 125 cm³/mol. The van der Waals surface area contributed by atoms with Crippen molar-refractivity contribution in [3.8, 4) is 5.75 Å². The number of carbonyl (C=O) groups is 1. The lowest BCUT2D eigenvalue weighted by Gasteiger charge is -2.35. The molecule has 0 bridgehead atoms. The molecule has 1 atom stereocenters. The van der Waals surface area contributed by atoms with Crippen molar-refractivity contribution in [2.45, 2.75) is 56.2 Å². The molecule has 0 amide bonds. The molecule has 3 saturated carbocycles. The fourth-order valence-corrected chi connectivity index (χ4v) is 5.04. The fraction of sp³-hybridized carbons (Fsp3) is 0.542. The second kappa shape index (κ2) is 9.55. The van der Waals surface area contributed by atoms with Gasteiger partial charge in [-0.25, -0.2) is 0 Å². The number of fused-ring (bicyclic) bond motifs is 2. The molecule has 1 unspecified atom stereocenters. The summed E-state index contributed by atoms with van der Waals surface area (Å²) in [6, 6.07) is 5.01. The monoisotopic (exact) mass is 513 g/mol. The van der Waals surface area contributed by atoms with Crippen LogP contribution >= 0.6 is 11.6 Å². The van der Waals surface area contributed by atoms with Crippen molar-refractivity contribution < 1.29 is 32.2 Å². The van der Waals surface area contributed by atoms with E-state index in [2.05, 4.69) is 40.3 Å². The number of ketones is 1. The van der Waals surface area contributed by atoms with E-state index >= 15 is 0 Å². The molecule has 3 aliphatic carbocycles. The largest absolute Gasteiger partial charge is 0.522 e. The molecule has 190 valence electrons. The van der Waals surface area contributed by atoms with Crippen LogP contribution in [0.1, 0.15) is 42.5 Å². The minimum absolute atomic E-state index is 0.0244.